The Labute approximate surface area is 132 Å². The van der Waals surface area contributed by atoms with E-state index in [4.69, 9.17) is 10.3 Å². The van der Waals surface area contributed by atoms with Crippen LogP contribution in [0.4, 0.5) is 21.0 Å². The van der Waals surface area contributed by atoms with Crippen LogP contribution in [-0.4, -0.2) is 22.2 Å². The quantitative estimate of drug-likeness (QED) is 0.545. The van der Waals surface area contributed by atoms with Crippen molar-refractivity contribution >= 4 is 40.0 Å². The van der Waals surface area contributed by atoms with Gasteiger partial charge in [-0.05, 0) is 24.3 Å². The van der Waals surface area contributed by atoms with Crippen molar-refractivity contribution in [1.82, 2.24) is 10.1 Å². The fourth-order valence-electron chi connectivity index (χ4n) is 1.77. The predicted molar refractivity (Wildman–Crippen MR) is 81.5 cm³/mol. The van der Waals surface area contributed by atoms with E-state index in [1.54, 1.807) is 0 Å². The highest BCUT2D eigenvalue weighted by Crippen LogP contribution is 2.29. The summed E-state index contributed by atoms with van der Waals surface area (Å²) in [5, 5.41) is 6.71. The number of anilines is 3. The minimum absolute atomic E-state index is 0.0149. The van der Waals surface area contributed by atoms with Gasteiger partial charge in [0.2, 0.25) is 11.5 Å². The van der Waals surface area contributed by atoms with Gasteiger partial charge in [-0.2, -0.15) is 0 Å². The highest BCUT2D eigenvalue weighted by molar-refractivity contribution is 7.18. The smallest absolute Gasteiger partial charge is 0.244 e. The standard InChI is InChI=1S/C14H9FN4O3S/c15-7-1-3-8(4-2-7)17-14-18-13(16)12(23-14)11(21)10-5-9(6-20)19-22-10/h1-6H,16H2,(H,17,18). The zero-order valence-corrected chi connectivity index (χ0v) is 12.3. The Morgan fingerprint density at radius 3 is 2.74 bits per heavy atom. The molecule has 0 radical (unpaired) electrons. The van der Waals surface area contributed by atoms with Gasteiger partial charge in [0.25, 0.3) is 0 Å². The van der Waals surface area contributed by atoms with Gasteiger partial charge in [0.1, 0.15) is 22.2 Å². The van der Waals surface area contributed by atoms with Crippen molar-refractivity contribution in [2.45, 2.75) is 0 Å². The second-order valence-corrected chi connectivity index (χ2v) is 5.43. The second-order valence-electron chi connectivity index (χ2n) is 4.43. The fourth-order valence-corrected chi connectivity index (χ4v) is 2.62. The summed E-state index contributed by atoms with van der Waals surface area (Å²) in [6.07, 6.45) is 0.470. The summed E-state index contributed by atoms with van der Waals surface area (Å²) >= 11 is 1.01. The van der Waals surface area contributed by atoms with E-state index in [1.165, 1.54) is 30.3 Å². The third-order valence-electron chi connectivity index (χ3n) is 2.83. The molecule has 3 N–H and O–H groups in total. The first kappa shape index (κ1) is 14.9. The molecule has 1 aromatic carbocycles. The SMILES string of the molecule is Nc1nc(Nc2ccc(F)cc2)sc1C(=O)c1cc(C=O)no1. The molecule has 0 saturated heterocycles. The zero-order chi connectivity index (χ0) is 16.4. The molecule has 7 nitrogen and oxygen atoms in total. The lowest BCUT2D eigenvalue weighted by Crippen LogP contribution is -2.01. The van der Waals surface area contributed by atoms with Crippen molar-refractivity contribution in [3.8, 4) is 0 Å². The Morgan fingerprint density at radius 1 is 1.35 bits per heavy atom. The van der Waals surface area contributed by atoms with Crippen LogP contribution in [-0.2, 0) is 0 Å². The molecule has 0 spiro atoms. The summed E-state index contributed by atoms with van der Waals surface area (Å²) in [6, 6.07) is 6.87. The maximum Gasteiger partial charge on any atom is 0.244 e. The molecular formula is C14H9FN4O3S. The largest absolute Gasteiger partial charge is 0.382 e. The van der Waals surface area contributed by atoms with Crippen LogP contribution in [0.1, 0.15) is 25.9 Å². The van der Waals surface area contributed by atoms with Crippen LogP contribution in [0.15, 0.2) is 34.9 Å². The van der Waals surface area contributed by atoms with E-state index in [9.17, 15) is 14.0 Å². The van der Waals surface area contributed by atoms with Crippen LogP contribution in [0.5, 0.6) is 0 Å². The lowest BCUT2D eigenvalue weighted by atomic mass is 10.2. The number of rotatable bonds is 5. The van der Waals surface area contributed by atoms with Gasteiger partial charge >= 0.3 is 0 Å². The molecule has 0 fully saturated rings. The van der Waals surface area contributed by atoms with Gasteiger partial charge in [0.05, 0.1) is 0 Å². The maximum absolute atomic E-state index is 12.9. The molecule has 23 heavy (non-hydrogen) atoms. The number of aromatic nitrogens is 2. The average molecular weight is 332 g/mol. The van der Waals surface area contributed by atoms with Crippen LogP contribution in [0.3, 0.4) is 0 Å². The van der Waals surface area contributed by atoms with Crippen molar-refractivity contribution < 1.29 is 18.5 Å². The number of benzene rings is 1. The van der Waals surface area contributed by atoms with Gasteiger partial charge in [-0.15, -0.1) is 0 Å². The van der Waals surface area contributed by atoms with Crippen LogP contribution < -0.4 is 11.1 Å². The summed E-state index contributed by atoms with van der Waals surface area (Å²) in [6.45, 7) is 0. The number of nitrogens with two attached hydrogens (primary N) is 1. The molecule has 0 amide bonds. The number of hydrogen-bond acceptors (Lipinski definition) is 8. The number of nitrogens with zero attached hydrogens (tertiary/aromatic N) is 2. The zero-order valence-electron chi connectivity index (χ0n) is 11.4. The lowest BCUT2D eigenvalue weighted by Gasteiger charge is -2.00. The van der Waals surface area contributed by atoms with Crippen molar-refractivity contribution in [2.75, 3.05) is 11.1 Å². The second kappa shape index (κ2) is 5.97. The number of nitrogen functional groups attached to an aromatic ring is 1. The molecular weight excluding hydrogens is 323 g/mol. The Balaban J connectivity index is 1.84. The molecule has 0 aliphatic heterocycles. The van der Waals surface area contributed by atoms with E-state index < -0.39 is 5.78 Å². The molecule has 0 bridgehead atoms. The number of nitrogens with one attached hydrogen (secondary N) is 1. The molecule has 3 rings (SSSR count). The average Bonchev–Trinajstić information content (AvgIpc) is 3.15. The van der Waals surface area contributed by atoms with Crippen LogP contribution in [0.25, 0.3) is 0 Å². The molecule has 0 unspecified atom stereocenters. The summed E-state index contributed by atoms with van der Waals surface area (Å²) in [4.78, 5) is 27.0. The predicted octanol–water partition coefficient (Wildman–Crippen LogP) is 2.64. The molecule has 2 aromatic heterocycles. The third kappa shape index (κ3) is 3.09. The van der Waals surface area contributed by atoms with Gasteiger partial charge < -0.3 is 15.6 Å². The highest BCUT2D eigenvalue weighted by atomic mass is 32.1. The molecule has 2 heterocycles. The normalized spacial score (nSPS) is 10.5. The number of aldehydes is 1. The number of carbonyl (C=O) groups excluding carboxylic acids is 2. The highest BCUT2D eigenvalue weighted by Gasteiger charge is 2.22. The first-order valence-electron chi connectivity index (χ1n) is 6.32. The van der Waals surface area contributed by atoms with E-state index in [2.05, 4.69) is 15.5 Å². The number of thiazole rings is 1. The number of ketones is 1. The number of carbonyl (C=O) groups is 2. The van der Waals surface area contributed by atoms with E-state index in [-0.39, 0.29) is 28.0 Å². The first-order chi connectivity index (χ1) is 11.1. The van der Waals surface area contributed by atoms with Gasteiger partial charge in [-0.3, -0.25) is 9.59 Å². The summed E-state index contributed by atoms with van der Waals surface area (Å²) in [5.74, 6) is -0.960. The number of halogens is 1. The van der Waals surface area contributed by atoms with Gasteiger partial charge in [-0.1, -0.05) is 16.5 Å². The van der Waals surface area contributed by atoms with Gasteiger partial charge in [-0.25, -0.2) is 9.37 Å². The number of hydrogen-bond donors (Lipinski definition) is 2. The van der Waals surface area contributed by atoms with Crippen LogP contribution in [0.2, 0.25) is 0 Å². The topological polar surface area (TPSA) is 111 Å². The minimum Gasteiger partial charge on any atom is -0.382 e. The van der Waals surface area contributed by atoms with Crippen molar-refractivity contribution in [2.24, 2.45) is 0 Å². The Bertz CT molecular complexity index is 873. The Morgan fingerprint density at radius 2 is 2.09 bits per heavy atom. The van der Waals surface area contributed by atoms with E-state index >= 15 is 0 Å². The first-order valence-corrected chi connectivity index (χ1v) is 7.14. The van der Waals surface area contributed by atoms with Crippen molar-refractivity contribution in [1.29, 1.82) is 0 Å². The summed E-state index contributed by atoms with van der Waals surface area (Å²) in [7, 11) is 0. The van der Waals surface area contributed by atoms with E-state index in [0.29, 0.717) is 17.1 Å². The Hall–Kier alpha value is -3.07. The maximum atomic E-state index is 12.9. The van der Waals surface area contributed by atoms with Crippen LogP contribution >= 0.6 is 11.3 Å². The molecule has 3 aromatic rings. The molecule has 0 atom stereocenters. The summed E-state index contributed by atoms with van der Waals surface area (Å²) < 4.78 is 17.7. The monoisotopic (exact) mass is 332 g/mol. The molecule has 0 aliphatic carbocycles. The van der Waals surface area contributed by atoms with Crippen molar-refractivity contribution in [3.63, 3.8) is 0 Å². The fraction of sp³-hybridized carbons (Fsp3) is 0. The minimum atomic E-state index is -0.521. The van der Waals surface area contributed by atoms with Gasteiger partial charge in [0, 0.05) is 11.8 Å². The third-order valence-corrected chi connectivity index (χ3v) is 3.81. The molecule has 0 aliphatic rings. The molecule has 9 heteroatoms. The van der Waals surface area contributed by atoms with E-state index in [0.717, 1.165) is 11.3 Å². The Kier molecular flexibility index (Phi) is 3.85. The van der Waals surface area contributed by atoms with Crippen molar-refractivity contribution in [3.05, 3.63) is 52.5 Å². The van der Waals surface area contributed by atoms with E-state index in [1.807, 2.05) is 0 Å². The summed E-state index contributed by atoms with van der Waals surface area (Å²) in [5.41, 5.74) is 6.36. The van der Waals surface area contributed by atoms with Crippen LogP contribution in [0, 0.1) is 5.82 Å². The lowest BCUT2D eigenvalue weighted by molar-refractivity contribution is 0.100. The molecule has 116 valence electrons. The molecule has 0 saturated carbocycles. The van der Waals surface area contributed by atoms with Gasteiger partial charge in [0.15, 0.2) is 11.4 Å².